The first-order chi connectivity index (χ1) is 13.1. The number of furan rings is 1. The lowest BCUT2D eigenvalue weighted by Crippen LogP contribution is -2.41. The number of benzene rings is 1. The summed E-state index contributed by atoms with van der Waals surface area (Å²) in [7, 11) is 0. The van der Waals surface area contributed by atoms with Crippen LogP contribution in [0.2, 0.25) is 5.02 Å². The van der Waals surface area contributed by atoms with Crippen LogP contribution in [0.3, 0.4) is 0 Å². The van der Waals surface area contributed by atoms with Crippen LogP contribution in [-0.2, 0) is 4.74 Å². The Morgan fingerprint density at radius 1 is 1.33 bits per heavy atom. The number of nitrogens with one attached hydrogen (secondary N) is 1. The third kappa shape index (κ3) is 4.08. The molecule has 6 nitrogen and oxygen atoms in total. The molecule has 1 aromatic heterocycles. The Hall–Kier alpha value is -1.76. The van der Waals surface area contributed by atoms with Crippen LogP contribution in [0, 0.1) is 5.92 Å². The van der Waals surface area contributed by atoms with Gasteiger partial charge in [-0.1, -0.05) is 11.6 Å². The van der Waals surface area contributed by atoms with E-state index in [1.807, 2.05) is 0 Å². The quantitative estimate of drug-likeness (QED) is 0.764. The minimum Gasteiger partial charge on any atom is -0.463 e. The van der Waals surface area contributed by atoms with E-state index in [2.05, 4.69) is 10.2 Å². The highest BCUT2D eigenvalue weighted by Gasteiger charge is 2.25. The van der Waals surface area contributed by atoms with Gasteiger partial charge >= 0.3 is 0 Å². The number of nitrogens with zero attached hydrogens (tertiary/aromatic N) is 1. The second-order valence-electron chi connectivity index (χ2n) is 7.57. The Morgan fingerprint density at radius 3 is 2.89 bits per heavy atom. The number of nitrogen functional groups attached to an aromatic ring is 1. The molecule has 27 heavy (non-hydrogen) atoms. The Balaban J connectivity index is 1.30. The smallest absolute Gasteiger partial charge is 0.255 e. The molecule has 4 rings (SSSR count). The number of fused-ring (bicyclic) bond motifs is 1. The van der Waals surface area contributed by atoms with Crippen molar-refractivity contribution < 1.29 is 13.9 Å². The van der Waals surface area contributed by atoms with Gasteiger partial charge in [0.15, 0.2) is 0 Å². The SMILES string of the molecule is Nc1c(Cl)cc(C(=O)NCC2CCN(CC3CCCO3)CC2)c2occc12. The molecule has 1 amide bonds. The normalized spacial score (nSPS) is 21.7. The predicted octanol–water partition coefficient (Wildman–Crippen LogP) is 3.29. The Kier molecular flexibility index (Phi) is 5.57. The molecule has 3 heterocycles. The molecular weight excluding hydrogens is 366 g/mol. The van der Waals surface area contributed by atoms with Crippen molar-refractivity contribution in [2.24, 2.45) is 5.92 Å². The Bertz CT molecular complexity index is 808. The third-order valence-electron chi connectivity index (χ3n) is 5.72. The lowest BCUT2D eigenvalue weighted by Gasteiger charge is -2.33. The van der Waals surface area contributed by atoms with Crippen LogP contribution >= 0.6 is 11.6 Å². The lowest BCUT2D eigenvalue weighted by atomic mass is 9.96. The molecule has 2 fully saturated rings. The van der Waals surface area contributed by atoms with Gasteiger partial charge in [-0.15, -0.1) is 0 Å². The fraction of sp³-hybridized carbons (Fsp3) is 0.550. The number of carbonyl (C=O) groups is 1. The van der Waals surface area contributed by atoms with Crippen molar-refractivity contribution in [2.45, 2.75) is 31.8 Å². The van der Waals surface area contributed by atoms with Crippen LogP contribution in [0.4, 0.5) is 5.69 Å². The average Bonchev–Trinajstić information content (AvgIpc) is 3.36. The summed E-state index contributed by atoms with van der Waals surface area (Å²) in [6, 6.07) is 3.32. The molecular formula is C20H26ClN3O3. The minimum atomic E-state index is -0.168. The standard InChI is InChI=1S/C20H26ClN3O3/c21-17-10-16(19-15(18(17)22)5-9-27-19)20(25)23-11-13-3-6-24(7-4-13)12-14-2-1-8-26-14/h5,9-10,13-14H,1-4,6-8,11-12,22H2,(H,23,25). The number of nitrogens with two attached hydrogens (primary N) is 1. The van der Waals surface area contributed by atoms with Crippen LogP contribution in [0.1, 0.15) is 36.0 Å². The fourth-order valence-electron chi connectivity index (χ4n) is 4.08. The van der Waals surface area contributed by atoms with Gasteiger partial charge in [-0.25, -0.2) is 0 Å². The van der Waals surface area contributed by atoms with E-state index in [4.69, 9.17) is 26.5 Å². The lowest BCUT2D eigenvalue weighted by molar-refractivity contribution is 0.0595. The van der Waals surface area contributed by atoms with E-state index >= 15 is 0 Å². The maximum absolute atomic E-state index is 12.7. The number of piperidine rings is 1. The Labute approximate surface area is 164 Å². The zero-order valence-corrected chi connectivity index (χ0v) is 16.1. The van der Waals surface area contributed by atoms with Crippen LogP contribution in [0.15, 0.2) is 22.8 Å². The van der Waals surface area contributed by atoms with Gasteiger partial charge in [-0.2, -0.15) is 0 Å². The van der Waals surface area contributed by atoms with E-state index in [0.717, 1.165) is 39.1 Å². The van der Waals surface area contributed by atoms with E-state index in [-0.39, 0.29) is 5.91 Å². The summed E-state index contributed by atoms with van der Waals surface area (Å²) in [5.74, 6) is 0.324. The van der Waals surface area contributed by atoms with Gasteiger partial charge in [-0.3, -0.25) is 4.79 Å². The predicted molar refractivity (Wildman–Crippen MR) is 106 cm³/mol. The van der Waals surface area contributed by atoms with Gasteiger partial charge < -0.3 is 25.1 Å². The van der Waals surface area contributed by atoms with Crippen LogP contribution in [0.5, 0.6) is 0 Å². The number of hydrogen-bond acceptors (Lipinski definition) is 5. The number of amides is 1. The van der Waals surface area contributed by atoms with Gasteiger partial charge in [0.1, 0.15) is 5.58 Å². The number of carbonyl (C=O) groups excluding carboxylic acids is 1. The van der Waals surface area contributed by atoms with E-state index in [9.17, 15) is 4.79 Å². The van der Waals surface area contributed by atoms with Crippen molar-refractivity contribution in [1.29, 1.82) is 0 Å². The van der Waals surface area contributed by atoms with Crippen molar-refractivity contribution in [1.82, 2.24) is 10.2 Å². The van der Waals surface area contributed by atoms with Gasteiger partial charge in [0.05, 0.1) is 28.6 Å². The number of ether oxygens (including phenoxy) is 1. The van der Waals surface area contributed by atoms with Gasteiger partial charge in [0.25, 0.3) is 5.91 Å². The first-order valence-electron chi connectivity index (χ1n) is 9.69. The molecule has 0 saturated carbocycles. The van der Waals surface area contributed by atoms with Crippen LogP contribution in [0.25, 0.3) is 11.0 Å². The van der Waals surface area contributed by atoms with Crippen molar-refractivity contribution in [3.8, 4) is 0 Å². The van der Waals surface area contributed by atoms with Crippen LogP contribution < -0.4 is 11.1 Å². The molecule has 0 spiro atoms. The first-order valence-corrected chi connectivity index (χ1v) is 10.1. The van der Waals surface area contributed by atoms with Crippen molar-refractivity contribution >= 4 is 34.2 Å². The van der Waals surface area contributed by atoms with E-state index in [1.54, 1.807) is 12.1 Å². The fourth-order valence-corrected chi connectivity index (χ4v) is 4.29. The van der Waals surface area contributed by atoms with E-state index in [1.165, 1.54) is 19.1 Å². The number of anilines is 1. The monoisotopic (exact) mass is 391 g/mol. The van der Waals surface area contributed by atoms with Crippen molar-refractivity contribution in [2.75, 3.05) is 38.5 Å². The summed E-state index contributed by atoms with van der Waals surface area (Å²) in [5, 5.41) is 4.09. The second-order valence-corrected chi connectivity index (χ2v) is 7.98. The maximum atomic E-state index is 12.7. The highest BCUT2D eigenvalue weighted by atomic mass is 35.5. The molecule has 2 aliphatic rings. The second kappa shape index (κ2) is 8.09. The summed E-state index contributed by atoms with van der Waals surface area (Å²) in [6.07, 6.45) is 6.48. The number of halogens is 1. The number of likely N-dealkylation sites (tertiary alicyclic amines) is 1. The van der Waals surface area contributed by atoms with Crippen LogP contribution in [-0.4, -0.2) is 49.7 Å². The number of rotatable bonds is 5. The molecule has 146 valence electrons. The molecule has 0 radical (unpaired) electrons. The molecule has 1 unspecified atom stereocenters. The zero-order valence-electron chi connectivity index (χ0n) is 15.4. The Morgan fingerprint density at radius 2 is 2.15 bits per heavy atom. The summed E-state index contributed by atoms with van der Waals surface area (Å²) < 4.78 is 11.2. The summed E-state index contributed by atoms with van der Waals surface area (Å²) in [5.41, 5.74) is 7.32. The molecule has 0 aliphatic carbocycles. The topological polar surface area (TPSA) is 80.7 Å². The molecule has 2 aromatic rings. The molecule has 2 saturated heterocycles. The van der Waals surface area contributed by atoms with E-state index in [0.29, 0.717) is 45.8 Å². The van der Waals surface area contributed by atoms with Gasteiger partial charge in [0.2, 0.25) is 0 Å². The third-order valence-corrected chi connectivity index (χ3v) is 6.03. The summed E-state index contributed by atoms with van der Waals surface area (Å²) in [4.78, 5) is 15.1. The minimum absolute atomic E-state index is 0.168. The molecule has 0 bridgehead atoms. The van der Waals surface area contributed by atoms with Gasteiger partial charge in [0, 0.05) is 25.1 Å². The molecule has 3 N–H and O–H groups in total. The highest BCUT2D eigenvalue weighted by Crippen LogP contribution is 2.32. The van der Waals surface area contributed by atoms with Crippen molar-refractivity contribution in [3.05, 3.63) is 29.0 Å². The summed E-state index contributed by atoms with van der Waals surface area (Å²) >= 11 is 6.17. The number of hydrogen-bond donors (Lipinski definition) is 2. The molecule has 1 aromatic carbocycles. The largest absolute Gasteiger partial charge is 0.463 e. The molecule has 2 aliphatic heterocycles. The average molecular weight is 392 g/mol. The highest BCUT2D eigenvalue weighted by molar-refractivity contribution is 6.35. The van der Waals surface area contributed by atoms with E-state index < -0.39 is 0 Å². The first kappa shape index (κ1) is 18.6. The molecule has 1 atom stereocenters. The summed E-state index contributed by atoms with van der Waals surface area (Å²) in [6.45, 7) is 4.74. The van der Waals surface area contributed by atoms with Crippen molar-refractivity contribution in [3.63, 3.8) is 0 Å². The molecule has 7 heteroatoms. The zero-order chi connectivity index (χ0) is 18.8. The maximum Gasteiger partial charge on any atom is 0.255 e. The van der Waals surface area contributed by atoms with Gasteiger partial charge in [-0.05, 0) is 56.8 Å².